The lowest BCUT2D eigenvalue weighted by atomic mass is 10.2. The maximum absolute atomic E-state index is 5.62. The van der Waals surface area contributed by atoms with Crippen molar-refractivity contribution < 1.29 is 4.74 Å². The topological polar surface area (TPSA) is 25.4 Å². The summed E-state index contributed by atoms with van der Waals surface area (Å²) < 4.78 is 5.62. The number of hydrogen-bond acceptors (Lipinski definition) is 4. The minimum atomic E-state index is 0.382. The minimum absolute atomic E-state index is 0.382. The molecule has 1 saturated heterocycles. The van der Waals surface area contributed by atoms with Crippen molar-refractivity contribution in [2.75, 3.05) is 24.6 Å². The minimum Gasteiger partial charge on any atom is -0.375 e. The first-order chi connectivity index (χ1) is 6.79. The van der Waals surface area contributed by atoms with E-state index in [0.29, 0.717) is 6.10 Å². The largest absolute Gasteiger partial charge is 0.375 e. The summed E-state index contributed by atoms with van der Waals surface area (Å²) in [5.74, 6) is 0. The van der Waals surface area contributed by atoms with Gasteiger partial charge >= 0.3 is 0 Å². The van der Waals surface area contributed by atoms with Crippen LogP contribution in [0, 0.1) is 6.92 Å². The molecule has 0 radical (unpaired) electrons. The molecular formula is C10H16N2OS. The molecule has 3 nitrogen and oxygen atoms in total. The Morgan fingerprint density at radius 1 is 1.71 bits per heavy atom. The van der Waals surface area contributed by atoms with Crippen molar-refractivity contribution in [2.45, 2.75) is 26.4 Å². The molecule has 2 rings (SSSR count). The first kappa shape index (κ1) is 9.93. The van der Waals surface area contributed by atoms with Crippen LogP contribution in [0.3, 0.4) is 0 Å². The number of aryl methyl sites for hydroxylation is 1. The highest BCUT2D eigenvalue weighted by atomic mass is 32.1. The van der Waals surface area contributed by atoms with Gasteiger partial charge in [0.25, 0.3) is 0 Å². The molecule has 1 unspecified atom stereocenters. The summed E-state index contributed by atoms with van der Waals surface area (Å²) in [4.78, 5) is 8.00. The number of thiazole rings is 1. The normalized spacial score (nSPS) is 22.7. The Labute approximate surface area is 88.7 Å². The van der Waals surface area contributed by atoms with Crippen LogP contribution in [0.5, 0.6) is 0 Å². The second kappa shape index (κ2) is 4.28. The van der Waals surface area contributed by atoms with Gasteiger partial charge in [-0.05, 0) is 13.3 Å². The lowest BCUT2D eigenvalue weighted by molar-refractivity contribution is 0.0384. The third-order valence-corrected chi connectivity index (χ3v) is 3.45. The molecule has 14 heavy (non-hydrogen) atoms. The van der Waals surface area contributed by atoms with Gasteiger partial charge in [-0.3, -0.25) is 0 Å². The molecule has 4 heteroatoms. The molecule has 0 amide bonds. The van der Waals surface area contributed by atoms with Gasteiger partial charge in [0.15, 0.2) is 5.13 Å². The number of anilines is 1. The van der Waals surface area contributed by atoms with Crippen molar-refractivity contribution in [3.63, 3.8) is 0 Å². The van der Waals surface area contributed by atoms with E-state index in [1.54, 1.807) is 11.3 Å². The average Bonchev–Trinajstić information content (AvgIpc) is 2.65. The van der Waals surface area contributed by atoms with E-state index in [9.17, 15) is 0 Å². The Balaban J connectivity index is 2.04. The van der Waals surface area contributed by atoms with E-state index in [0.717, 1.165) is 31.2 Å². The molecule has 1 aliphatic rings. The lowest BCUT2D eigenvalue weighted by Gasteiger charge is -2.32. The Morgan fingerprint density at radius 2 is 2.57 bits per heavy atom. The predicted octanol–water partition coefficient (Wildman–Crippen LogP) is 2.07. The summed E-state index contributed by atoms with van der Waals surface area (Å²) >= 11 is 1.77. The van der Waals surface area contributed by atoms with Gasteiger partial charge < -0.3 is 9.64 Å². The number of rotatable bonds is 2. The molecule has 0 aromatic carbocycles. The van der Waals surface area contributed by atoms with Crippen molar-refractivity contribution in [1.82, 2.24) is 4.98 Å². The van der Waals surface area contributed by atoms with Gasteiger partial charge in [-0.25, -0.2) is 4.98 Å². The van der Waals surface area contributed by atoms with Crippen LogP contribution in [0.2, 0.25) is 0 Å². The van der Waals surface area contributed by atoms with Crippen LogP contribution < -0.4 is 4.90 Å². The van der Waals surface area contributed by atoms with Crippen molar-refractivity contribution in [1.29, 1.82) is 0 Å². The molecule has 1 aromatic rings. The second-order valence-corrected chi connectivity index (χ2v) is 4.81. The zero-order valence-corrected chi connectivity index (χ0v) is 9.51. The van der Waals surface area contributed by atoms with E-state index >= 15 is 0 Å². The maximum Gasteiger partial charge on any atom is 0.185 e. The highest BCUT2D eigenvalue weighted by Crippen LogP contribution is 2.23. The van der Waals surface area contributed by atoms with E-state index in [2.05, 4.69) is 23.7 Å². The SMILES string of the molecule is CCC1CN(c2ncc(C)s2)CCO1. The van der Waals surface area contributed by atoms with E-state index < -0.39 is 0 Å². The third-order valence-electron chi connectivity index (χ3n) is 2.47. The van der Waals surface area contributed by atoms with Crippen LogP contribution in [-0.2, 0) is 4.74 Å². The Morgan fingerprint density at radius 3 is 3.21 bits per heavy atom. The van der Waals surface area contributed by atoms with Gasteiger partial charge in [0.05, 0.1) is 12.7 Å². The van der Waals surface area contributed by atoms with Crippen LogP contribution in [0.4, 0.5) is 5.13 Å². The molecular weight excluding hydrogens is 196 g/mol. The summed E-state index contributed by atoms with van der Waals surface area (Å²) in [6, 6.07) is 0. The van der Waals surface area contributed by atoms with Gasteiger partial charge in [0.1, 0.15) is 0 Å². The number of aromatic nitrogens is 1. The molecule has 2 heterocycles. The highest BCUT2D eigenvalue weighted by molar-refractivity contribution is 7.15. The monoisotopic (exact) mass is 212 g/mol. The number of morpholine rings is 1. The molecule has 0 saturated carbocycles. The summed E-state index contributed by atoms with van der Waals surface area (Å²) in [6.45, 7) is 7.06. The van der Waals surface area contributed by atoms with Crippen LogP contribution in [-0.4, -0.2) is 30.8 Å². The van der Waals surface area contributed by atoms with Crippen molar-refractivity contribution in [3.8, 4) is 0 Å². The second-order valence-electron chi connectivity index (χ2n) is 3.60. The Bertz CT molecular complexity index is 300. The fraction of sp³-hybridized carbons (Fsp3) is 0.700. The van der Waals surface area contributed by atoms with E-state index in [-0.39, 0.29) is 0 Å². The van der Waals surface area contributed by atoms with E-state index in [1.807, 2.05) is 6.20 Å². The predicted molar refractivity (Wildman–Crippen MR) is 59.1 cm³/mol. The zero-order chi connectivity index (χ0) is 9.97. The van der Waals surface area contributed by atoms with Gasteiger partial charge in [0, 0.05) is 24.2 Å². The van der Waals surface area contributed by atoms with E-state index in [1.165, 1.54) is 4.88 Å². The lowest BCUT2D eigenvalue weighted by Crippen LogP contribution is -2.42. The zero-order valence-electron chi connectivity index (χ0n) is 8.69. The first-order valence-electron chi connectivity index (χ1n) is 5.08. The molecule has 1 aromatic heterocycles. The number of ether oxygens (including phenoxy) is 1. The van der Waals surface area contributed by atoms with Gasteiger partial charge in [0.2, 0.25) is 0 Å². The Kier molecular flexibility index (Phi) is 3.03. The molecule has 0 aliphatic carbocycles. The van der Waals surface area contributed by atoms with Gasteiger partial charge in [-0.1, -0.05) is 6.92 Å². The first-order valence-corrected chi connectivity index (χ1v) is 5.90. The quantitative estimate of drug-likeness (QED) is 0.750. The van der Waals surface area contributed by atoms with Crippen LogP contribution >= 0.6 is 11.3 Å². The smallest absolute Gasteiger partial charge is 0.185 e. The Hall–Kier alpha value is -0.610. The maximum atomic E-state index is 5.62. The number of nitrogens with zero attached hydrogens (tertiary/aromatic N) is 2. The van der Waals surface area contributed by atoms with Crippen LogP contribution in [0.15, 0.2) is 6.20 Å². The highest BCUT2D eigenvalue weighted by Gasteiger charge is 2.20. The molecule has 1 fully saturated rings. The summed E-state index contributed by atoms with van der Waals surface area (Å²) in [7, 11) is 0. The summed E-state index contributed by atoms with van der Waals surface area (Å²) in [6.07, 6.45) is 3.41. The van der Waals surface area contributed by atoms with E-state index in [4.69, 9.17) is 4.74 Å². The van der Waals surface area contributed by atoms with Gasteiger partial charge in [-0.2, -0.15) is 0 Å². The summed E-state index contributed by atoms with van der Waals surface area (Å²) in [5.41, 5.74) is 0. The molecule has 0 bridgehead atoms. The van der Waals surface area contributed by atoms with Crippen LogP contribution in [0.1, 0.15) is 18.2 Å². The fourth-order valence-electron chi connectivity index (χ4n) is 1.63. The standard InChI is InChI=1S/C10H16N2OS/c1-3-9-7-12(4-5-13-9)10-11-6-8(2)14-10/h6,9H,3-5,7H2,1-2H3. The van der Waals surface area contributed by atoms with Crippen molar-refractivity contribution >= 4 is 16.5 Å². The molecule has 1 aliphatic heterocycles. The van der Waals surface area contributed by atoms with Crippen molar-refractivity contribution in [3.05, 3.63) is 11.1 Å². The third kappa shape index (κ3) is 2.07. The average molecular weight is 212 g/mol. The van der Waals surface area contributed by atoms with Gasteiger partial charge in [-0.15, -0.1) is 11.3 Å². The molecule has 78 valence electrons. The number of hydrogen-bond donors (Lipinski definition) is 0. The molecule has 1 atom stereocenters. The molecule has 0 N–H and O–H groups in total. The summed E-state index contributed by atoms with van der Waals surface area (Å²) in [5, 5.41) is 1.14. The van der Waals surface area contributed by atoms with Crippen LogP contribution in [0.25, 0.3) is 0 Å². The molecule has 0 spiro atoms. The fourth-order valence-corrected chi connectivity index (χ4v) is 2.42. The van der Waals surface area contributed by atoms with Crippen molar-refractivity contribution in [2.24, 2.45) is 0 Å².